The summed E-state index contributed by atoms with van der Waals surface area (Å²) in [6.07, 6.45) is 1.41. The maximum absolute atomic E-state index is 12.1. The van der Waals surface area contributed by atoms with Crippen molar-refractivity contribution < 1.29 is 8.42 Å². The van der Waals surface area contributed by atoms with E-state index < -0.39 is 9.84 Å². The largest absolute Gasteiger partial charge is 0.330 e. The highest BCUT2D eigenvalue weighted by molar-refractivity contribution is 7.91. The molecule has 0 aliphatic rings. The van der Waals surface area contributed by atoms with E-state index in [4.69, 9.17) is 17.3 Å². The van der Waals surface area contributed by atoms with Gasteiger partial charge in [0, 0.05) is 5.02 Å². The normalized spacial score (nSPS) is 12.7. The van der Waals surface area contributed by atoms with Gasteiger partial charge in [-0.3, -0.25) is 0 Å². The fourth-order valence-corrected chi connectivity index (χ4v) is 3.23. The molecule has 18 heavy (non-hydrogen) atoms. The Hall–Kier alpha value is -0.580. The van der Waals surface area contributed by atoms with Gasteiger partial charge in [-0.1, -0.05) is 31.5 Å². The van der Waals surface area contributed by atoms with Crippen LogP contribution in [0.3, 0.4) is 0 Å². The highest BCUT2D eigenvalue weighted by Crippen LogP contribution is 2.23. The van der Waals surface area contributed by atoms with E-state index in [0.717, 1.165) is 6.42 Å². The summed E-state index contributed by atoms with van der Waals surface area (Å²) < 4.78 is 24.1. The lowest BCUT2D eigenvalue weighted by atomic mass is 9.88. The van der Waals surface area contributed by atoms with Crippen LogP contribution in [-0.2, 0) is 9.84 Å². The number of sulfone groups is 1. The van der Waals surface area contributed by atoms with Crippen molar-refractivity contribution in [2.45, 2.75) is 31.6 Å². The van der Waals surface area contributed by atoms with E-state index in [9.17, 15) is 8.42 Å². The molecule has 0 atom stereocenters. The van der Waals surface area contributed by atoms with E-state index in [1.54, 1.807) is 18.2 Å². The van der Waals surface area contributed by atoms with Crippen molar-refractivity contribution in [3.8, 4) is 0 Å². The fraction of sp³-hybridized carbons (Fsp3) is 0.538. The third-order valence-electron chi connectivity index (χ3n) is 2.97. The Bertz CT molecular complexity index is 497. The number of rotatable bonds is 6. The van der Waals surface area contributed by atoms with E-state index in [1.807, 2.05) is 13.8 Å². The zero-order valence-corrected chi connectivity index (χ0v) is 12.4. The molecule has 102 valence electrons. The first-order valence-electron chi connectivity index (χ1n) is 5.95. The Kier molecular flexibility index (Phi) is 5.20. The van der Waals surface area contributed by atoms with Crippen LogP contribution in [0.25, 0.3) is 0 Å². The smallest absolute Gasteiger partial charge is 0.178 e. The van der Waals surface area contributed by atoms with Crippen molar-refractivity contribution in [1.29, 1.82) is 0 Å². The van der Waals surface area contributed by atoms with Crippen LogP contribution >= 0.6 is 11.6 Å². The summed E-state index contributed by atoms with van der Waals surface area (Å²) in [5, 5.41) is 0.443. The number of hydrogen-bond donors (Lipinski definition) is 1. The highest BCUT2D eigenvalue weighted by atomic mass is 35.5. The Morgan fingerprint density at radius 1 is 1.33 bits per heavy atom. The minimum atomic E-state index is -3.24. The average molecular weight is 290 g/mol. The summed E-state index contributed by atoms with van der Waals surface area (Å²) in [6, 6.07) is 6.39. The van der Waals surface area contributed by atoms with Crippen LogP contribution in [0.4, 0.5) is 0 Å². The molecule has 0 aromatic heterocycles. The summed E-state index contributed by atoms with van der Waals surface area (Å²) >= 11 is 5.80. The first-order chi connectivity index (χ1) is 8.27. The van der Waals surface area contributed by atoms with Crippen LogP contribution in [0.15, 0.2) is 29.2 Å². The van der Waals surface area contributed by atoms with E-state index >= 15 is 0 Å². The van der Waals surface area contributed by atoms with Crippen LogP contribution in [0, 0.1) is 5.41 Å². The highest BCUT2D eigenvalue weighted by Gasteiger charge is 2.19. The van der Waals surface area contributed by atoms with Crippen LogP contribution < -0.4 is 5.73 Å². The Labute approximate surface area is 114 Å². The van der Waals surface area contributed by atoms with Gasteiger partial charge in [0.25, 0.3) is 0 Å². The predicted octanol–water partition coefficient (Wildman–Crippen LogP) is 2.88. The van der Waals surface area contributed by atoms with Gasteiger partial charge in [-0.25, -0.2) is 8.42 Å². The Morgan fingerprint density at radius 2 is 2.00 bits per heavy atom. The van der Waals surface area contributed by atoms with Gasteiger partial charge >= 0.3 is 0 Å². The first-order valence-corrected chi connectivity index (χ1v) is 7.98. The molecule has 2 N–H and O–H groups in total. The quantitative estimate of drug-likeness (QED) is 0.876. The molecule has 0 radical (unpaired) electrons. The molecule has 5 heteroatoms. The SMILES string of the molecule is CC(C)(CN)CCCS(=O)(=O)c1cccc(Cl)c1. The summed E-state index contributed by atoms with van der Waals surface area (Å²) in [6.45, 7) is 4.64. The lowest BCUT2D eigenvalue weighted by Gasteiger charge is -2.21. The topological polar surface area (TPSA) is 60.2 Å². The molecule has 0 saturated carbocycles. The zero-order chi connectivity index (χ0) is 13.8. The van der Waals surface area contributed by atoms with Crippen LogP contribution in [-0.4, -0.2) is 20.7 Å². The van der Waals surface area contributed by atoms with Gasteiger partial charge < -0.3 is 5.73 Å². The van der Waals surface area contributed by atoms with E-state index in [0.29, 0.717) is 22.9 Å². The number of benzene rings is 1. The van der Waals surface area contributed by atoms with Gasteiger partial charge in [-0.15, -0.1) is 0 Å². The molecule has 1 aromatic carbocycles. The van der Waals surface area contributed by atoms with Gasteiger partial charge in [0.15, 0.2) is 9.84 Å². The second-order valence-corrected chi connectivity index (χ2v) is 7.79. The molecule has 1 aromatic rings. The molecule has 1 rings (SSSR count). The van der Waals surface area contributed by atoms with Gasteiger partial charge in [0.05, 0.1) is 10.6 Å². The molecule has 0 saturated heterocycles. The Balaban J connectivity index is 2.67. The maximum atomic E-state index is 12.1. The molecule has 0 amide bonds. The molecular weight excluding hydrogens is 270 g/mol. The third kappa shape index (κ3) is 4.59. The lowest BCUT2D eigenvalue weighted by Crippen LogP contribution is -2.24. The monoisotopic (exact) mass is 289 g/mol. The molecule has 0 aliphatic heterocycles. The van der Waals surface area contributed by atoms with Gasteiger partial charge in [-0.05, 0) is 43.0 Å². The minimum Gasteiger partial charge on any atom is -0.330 e. The van der Waals surface area contributed by atoms with Crippen molar-refractivity contribution in [3.05, 3.63) is 29.3 Å². The predicted molar refractivity (Wildman–Crippen MR) is 75.6 cm³/mol. The standard InChI is InChI=1S/C13H20ClNO2S/c1-13(2,10-15)7-4-8-18(16,17)12-6-3-5-11(14)9-12/h3,5-6,9H,4,7-8,10,15H2,1-2H3. The molecule has 0 bridgehead atoms. The van der Waals surface area contributed by atoms with Gasteiger partial charge in [-0.2, -0.15) is 0 Å². The molecular formula is C13H20ClNO2S. The lowest BCUT2D eigenvalue weighted by molar-refractivity contribution is 0.344. The number of halogens is 1. The summed E-state index contributed by atoms with van der Waals surface area (Å²) in [5.74, 6) is 0.136. The van der Waals surface area contributed by atoms with Gasteiger partial charge in [0.1, 0.15) is 0 Å². The first kappa shape index (κ1) is 15.5. The van der Waals surface area contributed by atoms with Crippen molar-refractivity contribution in [3.63, 3.8) is 0 Å². The molecule has 0 unspecified atom stereocenters. The van der Waals surface area contributed by atoms with Crippen LogP contribution in [0.5, 0.6) is 0 Å². The van der Waals surface area contributed by atoms with E-state index in [2.05, 4.69) is 0 Å². The fourth-order valence-electron chi connectivity index (χ4n) is 1.62. The average Bonchev–Trinajstić information content (AvgIpc) is 2.28. The van der Waals surface area contributed by atoms with Crippen molar-refractivity contribution in [2.24, 2.45) is 11.1 Å². The summed E-state index contributed by atoms with van der Waals surface area (Å²) in [7, 11) is -3.24. The molecule has 0 aliphatic carbocycles. The van der Waals surface area contributed by atoms with Crippen LogP contribution in [0.2, 0.25) is 5.02 Å². The Morgan fingerprint density at radius 3 is 2.56 bits per heavy atom. The maximum Gasteiger partial charge on any atom is 0.178 e. The minimum absolute atomic E-state index is 0.0101. The van der Waals surface area contributed by atoms with Crippen molar-refractivity contribution in [2.75, 3.05) is 12.3 Å². The molecule has 0 fully saturated rings. The van der Waals surface area contributed by atoms with Crippen LogP contribution in [0.1, 0.15) is 26.7 Å². The van der Waals surface area contributed by atoms with Crippen molar-refractivity contribution >= 4 is 21.4 Å². The second kappa shape index (κ2) is 6.04. The second-order valence-electron chi connectivity index (χ2n) is 5.25. The summed E-state index contributed by atoms with van der Waals surface area (Å²) in [5.41, 5.74) is 5.61. The summed E-state index contributed by atoms with van der Waals surface area (Å²) in [4.78, 5) is 0.292. The molecule has 0 heterocycles. The van der Waals surface area contributed by atoms with Crippen molar-refractivity contribution in [1.82, 2.24) is 0 Å². The third-order valence-corrected chi connectivity index (χ3v) is 5.01. The van der Waals surface area contributed by atoms with E-state index in [-0.39, 0.29) is 11.2 Å². The zero-order valence-electron chi connectivity index (χ0n) is 10.8. The van der Waals surface area contributed by atoms with Gasteiger partial charge in [0.2, 0.25) is 0 Å². The molecule has 0 spiro atoms. The number of nitrogens with two attached hydrogens (primary N) is 1. The molecule has 3 nitrogen and oxygen atoms in total. The number of hydrogen-bond acceptors (Lipinski definition) is 3. The van der Waals surface area contributed by atoms with E-state index in [1.165, 1.54) is 6.07 Å².